The van der Waals surface area contributed by atoms with Crippen LogP contribution < -0.4 is 5.73 Å². The van der Waals surface area contributed by atoms with Crippen molar-refractivity contribution >= 4 is 5.97 Å². The number of benzene rings is 1. The molecule has 0 aliphatic rings. The van der Waals surface area contributed by atoms with Crippen molar-refractivity contribution in [2.75, 3.05) is 6.61 Å². The summed E-state index contributed by atoms with van der Waals surface area (Å²) in [6, 6.07) is 3.69. The van der Waals surface area contributed by atoms with Gasteiger partial charge in [0.05, 0.1) is 12.2 Å². The molecule has 1 aromatic carbocycles. The van der Waals surface area contributed by atoms with Crippen LogP contribution in [0.15, 0.2) is 24.3 Å². The van der Waals surface area contributed by atoms with E-state index >= 15 is 0 Å². The van der Waals surface area contributed by atoms with Crippen LogP contribution in [0, 0.1) is 0 Å². The highest BCUT2D eigenvalue weighted by molar-refractivity contribution is 5.75. The zero-order valence-corrected chi connectivity index (χ0v) is 9.83. The summed E-state index contributed by atoms with van der Waals surface area (Å²) in [5, 5.41) is 0. The van der Waals surface area contributed by atoms with Gasteiger partial charge < -0.3 is 10.5 Å². The van der Waals surface area contributed by atoms with Gasteiger partial charge in [-0.1, -0.05) is 12.1 Å². The molecule has 0 fully saturated rings. The Morgan fingerprint density at radius 3 is 2.33 bits per heavy atom. The standard InChI is InChI=1S/C12H14F3NO2/c1-2-18-11(17)10(16)7-8-3-5-9(6-4-8)12(13,14)15/h3-6,10H,2,7,16H2,1H3/t10-/m0/s1. The van der Waals surface area contributed by atoms with E-state index in [2.05, 4.69) is 0 Å². The molecule has 1 atom stereocenters. The quantitative estimate of drug-likeness (QED) is 0.845. The maximum Gasteiger partial charge on any atom is 0.416 e. The third-order valence-corrected chi connectivity index (χ3v) is 2.33. The summed E-state index contributed by atoms with van der Waals surface area (Å²) in [6.07, 6.45) is -4.21. The summed E-state index contributed by atoms with van der Waals surface area (Å²) in [6.45, 7) is 1.88. The minimum absolute atomic E-state index is 0.150. The highest BCUT2D eigenvalue weighted by Crippen LogP contribution is 2.29. The smallest absolute Gasteiger partial charge is 0.416 e. The van der Waals surface area contributed by atoms with E-state index in [1.54, 1.807) is 6.92 Å². The summed E-state index contributed by atoms with van der Waals surface area (Å²) >= 11 is 0. The lowest BCUT2D eigenvalue weighted by molar-refractivity contribution is -0.144. The van der Waals surface area contributed by atoms with Gasteiger partial charge in [0.25, 0.3) is 0 Å². The molecule has 0 aliphatic heterocycles. The Bertz CT molecular complexity index is 401. The van der Waals surface area contributed by atoms with Crippen LogP contribution in [0.3, 0.4) is 0 Å². The number of carbonyl (C=O) groups is 1. The van der Waals surface area contributed by atoms with Crippen molar-refractivity contribution in [1.29, 1.82) is 0 Å². The van der Waals surface area contributed by atoms with Crippen molar-refractivity contribution in [2.24, 2.45) is 5.73 Å². The number of rotatable bonds is 4. The number of halogens is 3. The topological polar surface area (TPSA) is 52.3 Å². The fourth-order valence-electron chi connectivity index (χ4n) is 1.42. The molecule has 0 aromatic heterocycles. The number of nitrogens with two attached hydrogens (primary N) is 1. The van der Waals surface area contributed by atoms with Gasteiger partial charge in [-0.3, -0.25) is 4.79 Å². The molecule has 0 saturated heterocycles. The van der Waals surface area contributed by atoms with Crippen LogP contribution in [-0.4, -0.2) is 18.6 Å². The molecule has 0 heterocycles. The zero-order chi connectivity index (χ0) is 13.8. The van der Waals surface area contributed by atoms with Crippen molar-refractivity contribution in [3.8, 4) is 0 Å². The van der Waals surface area contributed by atoms with Gasteiger partial charge in [0.1, 0.15) is 6.04 Å². The largest absolute Gasteiger partial charge is 0.465 e. The summed E-state index contributed by atoms with van der Waals surface area (Å²) in [7, 11) is 0. The number of alkyl halides is 3. The third kappa shape index (κ3) is 4.03. The lowest BCUT2D eigenvalue weighted by atomic mass is 10.0. The first-order valence-electron chi connectivity index (χ1n) is 5.43. The minimum Gasteiger partial charge on any atom is -0.465 e. The van der Waals surface area contributed by atoms with E-state index < -0.39 is 23.8 Å². The normalized spacial score (nSPS) is 13.2. The molecule has 0 saturated carbocycles. The molecule has 0 aliphatic carbocycles. The summed E-state index contributed by atoms with van der Waals surface area (Å²) in [5.74, 6) is -0.558. The van der Waals surface area contributed by atoms with Gasteiger partial charge in [-0.25, -0.2) is 0 Å². The SMILES string of the molecule is CCOC(=O)[C@@H](N)Cc1ccc(C(F)(F)F)cc1. The molecular weight excluding hydrogens is 247 g/mol. The average Bonchev–Trinajstić information content (AvgIpc) is 2.28. The molecule has 100 valence electrons. The molecule has 3 nitrogen and oxygen atoms in total. The average molecular weight is 261 g/mol. The summed E-state index contributed by atoms with van der Waals surface area (Å²) in [5.41, 5.74) is 5.40. The highest BCUT2D eigenvalue weighted by atomic mass is 19.4. The van der Waals surface area contributed by atoms with Gasteiger partial charge in [-0.15, -0.1) is 0 Å². The minimum atomic E-state index is -4.36. The van der Waals surface area contributed by atoms with Gasteiger partial charge in [0.15, 0.2) is 0 Å². The molecule has 1 rings (SSSR count). The van der Waals surface area contributed by atoms with Crippen molar-refractivity contribution < 1.29 is 22.7 Å². The van der Waals surface area contributed by atoms with Crippen LogP contribution in [0.2, 0.25) is 0 Å². The van der Waals surface area contributed by atoms with E-state index in [0.29, 0.717) is 5.56 Å². The van der Waals surface area contributed by atoms with Gasteiger partial charge >= 0.3 is 12.1 Å². The molecule has 0 radical (unpaired) electrons. The fourth-order valence-corrected chi connectivity index (χ4v) is 1.42. The first kappa shape index (κ1) is 14.5. The van der Waals surface area contributed by atoms with Gasteiger partial charge in [-0.2, -0.15) is 13.2 Å². The number of esters is 1. The Hall–Kier alpha value is -1.56. The van der Waals surface area contributed by atoms with E-state index in [0.717, 1.165) is 12.1 Å². The van der Waals surface area contributed by atoms with Crippen molar-refractivity contribution in [2.45, 2.75) is 25.6 Å². The second-order valence-electron chi connectivity index (χ2n) is 3.76. The van der Waals surface area contributed by atoms with Crippen molar-refractivity contribution in [3.05, 3.63) is 35.4 Å². The van der Waals surface area contributed by atoms with E-state index in [4.69, 9.17) is 10.5 Å². The molecule has 6 heteroatoms. The lowest BCUT2D eigenvalue weighted by Gasteiger charge is -2.11. The first-order chi connectivity index (χ1) is 8.34. The Labute approximate surface area is 103 Å². The zero-order valence-electron chi connectivity index (χ0n) is 9.83. The van der Waals surface area contributed by atoms with E-state index in [1.807, 2.05) is 0 Å². The van der Waals surface area contributed by atoms with Crippen LogP contribution in [0.1, 0.15) is 18.1 Å². The van der Waals surface area contributed by atoms with Gasteiger partial charge in [-0.05, 0) is 31.0 Å². The predicted molar refractivity (Wildman–Crippen MR) is 59.8 cm³/mol. The number of ether oxygens (including phenoxy) is 1. The molecular formula is C12H14F3NO2. The van der Waals surface area contributed by atoms with E-state index in [9.17, 15) is 18.0 Å². The predicted octanol–water partition coefficient (Wildman–Crippen LogP) is 2.14. The molecule has 0 amide bonds. The van der Waals surface area contributed by atoms with Gasteiger partial charge in [0.2, 0.25) is 0 Å². The monoisotopic (exact) mass is 261 g/mol. The molecule has 0 spiro atoms. The van der Waals surface area contributed by atoms with Crippen molar-refractivity contribution in [1.82, 2.24) is 0 Å². The second kappa shape index (κ2) is 5.86. The van der Waals surface area contributed by atoms with E-state index in [-0.39, 0.29) is 13.0 Å². The Morgan fingerprint density at radius 1 is 1.33 bits per heavy atom. The maximum absolute atomic E-state index is 12.3. The first-order valence-corrected chi connectivity index (χ1v) is 5.43. The highest BCUT2D eigenvalue weighted by Gasteiger charge is 2.30. The molecule has 0 unspecified atom stereocenters. The number of hydrogen-bond acceptors (Lipinski definition) is 3. The van der Waals surface area contributed by atoms with E-state index in [1.165, 1.54) is 12.1 Å². The van der Waals surface area contributed by atoms with Crippen LogP contribution in [-0.2, 0) is 22.1 Å². The third-order valence-electron chi connectivity index (χ3n) is 2.33. The van der Waals surface area contributed by atoms with Crippen LogP contribution >= 0.6 is 0 Å². The van der Waals surface area contributed by atoms with Crippen molar-refractivity contribution in [3.63, 3.8) is 0 Å². The maximum atomic E-state index is 12.3. The molecule has 1 aromatic rings. The van der Waals surface area contributed by atoms with Gasteiger partial charge in [0, 0.05) is 0 Å². The Kier molecular flexibility index (Phi) is 4.72. The molecule has 0 bridgehead atoms. The van der Waals surface area contributed by atoms with Crippen LogP contribution in [0.5, 0.6) is 0 Å². The number of hydrogen-bond donors (Lipinski definition) is 1. The fraction of sp³-hybridized carbons (Fsp3) is 0.417. The lowest BCUT2D eigenvalue weighted by Crippen LogP contribution is -2.34. The summed E-state index contributed by atoms with van der Waals surface area (Å²) in [4.78, 5) is 11.2. The molecule has 18 heavy (non-hydrogen) atoms. The Morgan fingerprint density at radius 2 is 1.89 bits per heavy atom. The Balaban J connectivity index is 2.67. The molecule has 2 N–H and O–H groups in total. The van der Waals surface area contributed by atoms with Crippen LogP contribution in [0.25, 0.3) is 0 Å². The number of carbonyl (C=O) groups excluding carboxylic acids is 1. The van der Waals surface area contributed by atoms with Crippen LogP contribution in [0.4, 0.5) is 13.2 Å². The summed E-state index contributed by atoms with van der Waals surface area (Å²) < 4.78 is 41.6. The second-order valence-corrected chi connectivity index (χ2v) is 3.76.